The number of aromatic nitrogens is 2. The molecule has 39 heavy (non-hydrogen) atoms. The predicted octanol–water partition coefficient (Wildman–Crippen LogP) is 5.49. The number of amides is 1. The Morgan fingerprint density at radius 3 is 2.44 bits per heavy atom. The maximum atomic E-state index is 13.5. The number of hydrogen-bond acceptors (Lipinski definition) is 6. The van der Waals surface area contributed by atoms with Gasteiger partial charge in [-0.3, -0.25) is 19.7 Å². The third kappa shape index (κ3) is 6.19. The van der Waals surface area contributed by atoms with Crippen LogP contribution in [0, 0.1) is 0 Å². The Hall–Kier alpha value is -3.58. The monoisotopic (exact) mass is 522 g/mol. The van der Waals surface area contributed by atoms with Gasteiger partial charge in [0, 0.05) is 49.7 Å². The van der Waals surface area contributed by atoms with Crippen LogP contribution in [0.1, 0.15) is 61.6 Å². The van der Waals surface area contributed by atoms with E-state index in [1.165, 1.54) is 49.7 Å². The molecule has 1 aromatic carbocycles. The van der Waals surface area contributed by atoms with Crippen LogP contribution in [0.3, 0.4) is 0 Å². The van der Waals surface area contributed by atoms with Gasteiger partial charge in [-0.15, -0.1) is 0 Å². The molecule has 0 saturated carbocycles. The highest BCUT2D eigenvalue weighted by Crippen LogP contribution is 2.27. The average Bonchev–Trinajstić information content (AvgIpc) is 3.21. The Kier molecular flexibility index (Phi) is 7.95. The normalized spacial score (nSPS) is 18.2. The fourth-order valence-corrected chi connectivity index (χ4v) is 6.00. The number of piperidine rings is 2. The molecule has 2 saturated heterocycles. The van der Waals surface area contributed by atoms with Gasteiger partial charge in [-0.1, -0.05) is 18.6 Å². The summed E-state index contributed by atoms with van der Waals surface area (Å²) in [4.78, 5) is 32.3. The first kappa shape index (κ1) is 25.7. The van der Waals surface area contributed by atoms with Gasteiger partial charge < -0.3 is 10.2 Å². The van der Waals surface area contributed by atoms with Crippen molar-refractivity contribution in [2.24, 2.45) is 4.99 Å². The number of anilines is 2. The number of carbonyl (C=O) groups excluding carboxylic acids is 1. The first-order valence-electron chi connectivity index (χ1n) is 14.6. The molecule has 0 unspecified atom stereocenters. The van der Waals surface area contributed by atoms with Crippen LogP contribution in [0.4, 0.5) is 11.5 Å². The lowest BCUT2D eigenvalue weighted by molar-refractivity contribution is -0.110. The quantitative estimate of drug-likeness (QED) is 0.463. The van der Waals surface area contributed by atoms with Gasteiger partial charge in [0.2, 0.25) is 0 Å². The Labute approximate surface area is 231 Å². The van der Waals surface area contributed by atoms with E-state index in [1.54, 1.807) is 6.20 Å². The van der Waals surface area contributed by atoms with E-state index in [2.05, 4.69) is 49.4 Å². The van der Waals surface area contributed by atoms with E-state index >= 15 is 0 Å². The van der Waals surface area contributed by atoms with Crippen LogP contribution in [0.25, 0.3) is 11.1 Å². The van der Waals surface area contributed by atoms with E-state index in [1.807, 2.05) is 24.5 Å². The van der Waals surface area contributed by atoms with Crippen molar-refractivity contribution >= 4 is 23.1 Å². The Morgan fingerprint density at radius 2 is 1.64 bits per heavy atom. The highest BCUT2D eigenvalue weighted by molar-refractivity contribution is 6.49. The van der Waals surface area contributed by atoms with Crippen molar-refractivity contribution in [3.05, 3.63) is 71.7 Å². The SMILES string of the molecule is O=C(Nc1ccc(N2CCCCC2)nc1)C1=NCCCc2ccc(-c3cncc(CN4CCCCC4)c3)cc21. The molecule has 6 rings (SSSR count). The summed E-state index contributed by atoms with van der Waals surface area (Å²) in [6.45, 7) is 6.00. The van der Waals surface area contributed by atoms with Crippen LogP contribution >= 0.6 is 0 Å². The zero-order valence-corrected chi connectivity index (χ0v) is 22.7. The maximum Gasteiger partial charge on any atom is 0.274 e. The zero-order chi connectivity index (χ0) is 26.4. The summed E-state index contributed by atoms with van der Waals surface area (Å²) in [6.07, 6.45) is 15.1. The molecule has 3 aliphatic rings. The van der Waals surface area contributed by atoms with Crippen molar-refractivity contribution in [1.29, 1.82) is 0 Å². The first-order chi connectivity index (χ1) is 19.2. The van der Waals surface area contributed by atoms with E-state index in [4.69, 9.17) is 4.99 Å². The van der Waals surface area contributed by atoms with E-state index in [0.717, 1.165) is 68.1 Å². The van der Waals surface area contributed by atoms with Crippen LogP contribution in [-0.4, -0.2) is 59.2 Å². The molecule has 0 bridgehead atoms. The summed E-state index contributed by atoms with van der Waals surface area (Å²) in [7, 11) is 0. The van der Waals surface area contributed by atoms with Crippen LogP contribution in [0.15, 0.2) is 60.0 Å². The van der Waals surface area contributed by atoms with Gasteiger partial charge in [-0.2, -0.15) is 0 Å². The molecular formula is C32H38N6O. The molecule has 0 atom stereocenters. The third-order valence-corrected chi connectivity index (χ3v) is 8.12. The van der Waals surface area contributed by atoms with Gasteiger partial charge >= 0.3 is 0 Å². The topological polar surface area (TPSA) is 73.7 Å². The lowest BCUT2D eigenvalue weighted by Gasteiger charge is -2.27. The number of nitrogens with zero attached hydrogens (tertiary/aromatic N) is 5. The number of hydrogen-bond donors (Lipinski definition) is 1. The van der Waals surface area contributed by atoms with E-state index < -0.39 is 0 Å². The lowest BCUT2D eigenvalue weighted by atomic mass is 9.94. The number of likely N-dealkylation sites (tertiary alicyclic amines) is 1. The molecule has 7 nitrogen and oxygen atoms in total. The Balaban J connectivity index is 1.20. The molecular weight excluding hydrogens is 484 g/mol. The molecule has 1 N–H and O–H groups in total. The van der Waals surface area contributed by atoms with Crippen LogP contribution < -0.4 is 10.2 Å². The van der Waals surface area contributed by atoms with E-state index in [-0.39, 0.29) is 5.91 Å². The Bertz CT molecular complexity index is 1320. The van der Waals surface area contributed by atoms with Crippen molar-refractivity contribution in [3.8, 4) is 11.1 Å². The molecule has 3 aliphatic heterocycles. The number of aryl methyl sites for hydroxylation is 1. The molecule has 0 aliphatic carbocycles. The molecule has 5 heterocycles. The minimum atomic E-state index is -0.181. The lowest BCUT2D eigenvalue weighted by Crippen LogP contribution is -2.30. The van der Waals surface area contributed by atoms with Crippen LogP contribution in [0.2, 0.25) is 0 Å². The summed E-state index contributed by atoms with van der Waals surface area (Å²) < 4.78 is 0. The summed E-state index contributed by atoms with van der Waals surface area (Å²) >= 11 is 0. The zero-order valence-electron chi connectivity index (χ0n) is 22.7. The second-order valence-corrected chi connectivity index (χ2v) is 11.0. The number of rotatable bonds is 6. The summed E-state index contributed by atoms with van der Waals surface area (Å²) in [6, 6.07) is 12.6. The fourth-order valence-electron chi connectivity index (χ4n) is 6.00. The molecule has 202 valence electrons. The summed E-state index contributed by atoms with van der Waals surface area (Å²) in [5.41, 5.74) is 6.66. The number of pyridine rings is 2. The number of benzene rings is 1. The van der Waals surface area contributed by atoms with Crippen molar-refractivity contribution in [1.82, 2.24) is 14.9 Å². The molecule has 2 aromatic heterocycles. The van der Waals surface area contributed by atoms with Gasteiger partial charge in [0.25, 0.3) is 5.91 Å². The van der Waals surface area contributed by atoms with Crippen LogP contribution in [0.5, 0.6) is 0 Å². The number of fused-ring (bicyclic) bond motifs is 1. The van der Waals surface area contributed by atoms with Crippen molar-refractivity contribution in [3.63, 3.8) is 0 Å². The molecule has 0 spiro atoms. The second kappa shape index (κ2) is 12.1. The van der Waals surface area contributed by atoms with Crippen molar-refractivity contribution in [2.45, 2.75) is 57.9 Å². The van der Waals surface area contributed by atoms with Crippen molar-refractivity contribution in [2.75, 3.05) is 42.9 Å². The van der Waals surface area contributed by atoms with Crippen LogP contribution in [-0.2, 0) is 17.8 Å². The maximum absolute atomic E-state index is 13.5. The van der Waals surface area contributed by atoms with E-state index in [0.29, 0.717) is 17.9 Å². The minimum absolute atomic E-state index is 0.181. The molecule has 0 radical (unpaired) electrons. The molecule has 2 fully saturated rings. The number of aliphatic imine (C=N–C) groups is 1. The molecule has 1 amide bonds. The van der Waals surface area contributed by atoms with Gasteiger partial charge in [0.1, 0.15) is 11.5 Å². The standard InChI is InChI=1S/C32H38N6O/c39-32(36-28-11-12-30(35-22-28)38-16-5-2-6-17-38)31-29-19-26(10-9-25(29)8-7-13-34-31)27-18-24(20-33-21-27)23-37-14-3-1-4-15-37/h9-12,18-22H,1-8,13-17,23H2,(H,36,39). The van der Waals surface area contributed by atoms with Crippen molar-refractivity contribution < 1.29 is 4.79 Å². The van der Waals surface area contributed by atoms with Gasteiger partial charge in [0.05, 0.1) is 11.9 Å². The largest absolute Gasteiger partial charge is 0.357 e. The third-order valence-electron chi connectivity index (χ3n) is 8.12. The number of carbonyl (C=O) groups is 1. The minimum Gasteiger partial charge on any atom is -0.357 e. The predicted molar refractivity (Wildman–Crippen MR) is 157 cm³/mol. The Morgan fingerprint density at radius 1 is 0.821 bits per heavy atom. The van der Waals surface area contributed by atoms with Gasteiger partial charge in [0.15, 0.2) is 0 Å². The van der Waals surface area contributed by atoms with Gasteiger partial charge in [-0.05, 0) is 99.0 Å². The molecule has 3 aromatic rings. The highest BCUT2D eigenvalue weighted by atomic mass is 16.1. The average molecular weight is 523 g/mol. The summed E-state index contributed by atoms with van der Waals surface area (Å²) in [5.74, 6) is 0.797. The van der Waals surface area contributed by atoms with E-state index in [9.17, 15) is 4.79 Å². The summed E-state index contributed by atoms with van der Waals surface area (Å²) in [5, 5.41) is 3.06. The smallest absolute Gasteiger partial charge is 0.274 e. The number of nitrogens with one attached hydrogen (secondary N) is 1. The van der Waals surface area contributed by atoms with Gasteiger partial charge in [-0.25, -0.2) is 4.98 Å². The second-order valence-electron chi connectivity index (χ2n) is 11.0. The first-order valence-corrected chi connectivity index (χ1v) is 14.6. The fraction of sp³-hybridized carbons (Fsp3) is 0.438. The molecule has 7 heteroatoms. The highest BCUT2D eigenvalue weighted by Gasteiger charge is 2.21.